The van der Waals surface area contributed by atoms with Crippen molar-refractivity contribution in [2.45, 2.75) is 6.54 Å². The lowest BCUT2D eigenvalue weighted by molar-refractivity contribution is 0.399. The van der Waals surface area contributed by atoms with Crippen LogP contribution < -0.4 is 5.32 Å². The molecule has 0 radical (unpaired) electrons. The van der Waals surface area contributed by atoms with E-state index in [-0.39, 0.29) is 0 Å². The fourth-order valence-electron chi connectivity index (χ4n) is 1.03. The molecule has 0 saturated heterocycles. The van der Waals surface area contributed by atoms with Gasteiger partial charge in [0.05, 0.1) is 10.7 Å². The van der Waals surface area contributed by atoms with Gasteiger partial charge in [0.2, 0.25) is 0 Å². The van der Waals surface area contributed by atoms with Crippen molar-refractivity contribution in [1.82, 2.24) is 15.2 Å². The Hall–Kier alpha value is -0.640. The molecule has 3 nitrogen and oxygen atoms in total. The Morgan fingerprint density at radius 2 is 2.21 bits per heavy atom. The summed E-state index contributed by atoms with van der Waals surface area (Å²) in [4.78, 5) is 6.33. The Bertz CT molecular complexity index is 259. The third-order valence-electron chi connectivity index (χ3n) is 1.83. The zero-order valence-electron chi connectivity index (χ0n) is 8.63. The van der Waals surface area contributed by atoms with Crippen molar-refractivity contribution in [2.24, 2.45) is 0 Å². The van der Waals surface area contributed by atoms with Gasteiger partial charge in [-0.25, -0.2) is 0 Å². The summed E-state index contributed by atoms with van der Waals surface area (Å²) >= 11 is 5.72. The van der Waals surface area contributed by atoms with E-state index in [1.807, 2.05) is 12.1 Å². The minimum absolute atomic E-state index is 0.682. The molecule has 1 N–H and O–H groups in total. The summed E-state index contributed by atoms with van der Waals surface area (Å²) in [5.41, 5.74) is 1.02. The third-order valence-corrected chi connectivity index (χ3v) is 2.05. The first-order valence-electron chi connectivity index (χ1n) is 4.64. The van der Waals surface area contributed by atoms with Crippen molar-refractivity contribution in [3.63, 3.8) is 0 Å². The lowest BCUT2D eigenvalue weighted by Gasteiger charge is -2.09. The summed E-state index contributed by atoms with van der Waals surface area (Å²) < 4.78 is 0. The first kappa shape index (κ1) is 11.4. The summed E-state index contributed by atoms with van der Waals surface area (Å²) in [5, 5.41) is 3.99. The van der Waals surface area contributed by atoms with Crippen LogP contribution in [0.25, 0.3) is 0 Å². The molecule has 0 aliphatic heterocycles. The van der Waals surface area contributed by atoms with Gasteiger partial charge in [-0.2, -0.15) is 0 Å². The molecule has 0 aromatic carbocycles. The molecule has 14 heavy (non-hydrogen) atoms. The van der Waals surface area contributed by atoms with E-state index in [0.717, 1.165) is 25.3 Å². The predicted molar refractivity (Wildman–Crippen MR) is 59.5 cm³/mol. The van der Waals surface area contributed by atoms with Crippen molar-refractivity contribution in [3.05, 3.63) is 29.0 Å². The van der Waals surface area contributed by atoms with Crippen LogP contribution in [0.15, 0.2) is 18.3 Å². The van der Waals surface area contributed by atoms with Gasteiger partial charge in [-0.3, -0.25) is 4.98 Å². The zero-order valence-corrected chi connectivity index (χ0v) is 9.38. The molecule has 1 aromatic rings. The summed E-state index contributed by atoms with van der Waals surface area (Å²) in [5.74, 6) is 0. The molecule has 4 heteroatoms. The monoisotopic (exact) mass is 213 g/mol. The Morgan fingerprint density at radius 3 is 2.79 bits per heavy atom. The molecule has 0 unspecified atom stereocenters. The molecule has 1 rings (SSSR count). The molecule has 78 valence electrons. The van der Waals surface area contributed by atoms with Crippen LogP contribution in [-0.4, -0.2) is 37.1 Å². The molecule has 0 fully saturated rings. The second-order valence-electron chi connectivity index (χ2n) is 3.45. The van der Waals surface area contributed by atoms with Crippen LogP contribution in [0, 0.1) is 0 Å². The molecule has 0 saturated carbocycles. The standard InChI is InChI=1S/C10H16ClN3/c1-14(2)6-5-12-8-10-4-3-9(11)7-13-10/h3-4,7,12H,5-6,8H2,1-2H3. The highest BCUT2D eigenvalue weighted by atomic mass is 35.5. The lowest BCUT2D eigenvalue weighted by atomic mass is 10.3. The summed E-state index contributed by atoms with van der Waals surface area (Å²) in [7, 11) is 4.12. The molecule has 0 aliphatic rings. The molecule has 0 atom stereocenters. The van der Waals surface area contributed by atoms with E-state index >= 15 is 0 Å². The molecule has 0 spiro atoms. The van der Waals surface area contributed by atoms with Crippen LogP contribution in [0.1, 0.15) is 5.69 Å². The molecular formula is C10H16ClN3. The average Bonchev–Trinajstić information content (AvgIpc) is 2.15. The van der Waals surface area contributed by atoms with Gasteiger partial charge in [-0.05, 0) is 26.2 Å². The highest BCUT2D eigenvalue weighted by Gasteiger charge is 1.94. The summed E-state index contributed by atoms with van der Waals surface area (Å²) in [6.45, 7) is 2.80. The van der Waals surface area contributed by atoms with Gasteiger partial charge in [0.1, 0.15) is 0 Å². The van der Waals surface area contributed by atoms with Crippen LogP contribution in [0.5, 0.6) is 0 Å². The minimum atomic E-state index is 0.682. The maximum atomic E-state index is 5.72. The van der Waals surface area contributed by atoms with Crippen molar-refractivity contribution in [1.29, 1.82) is 0 Å². The first-order valence-corrected chi connectivity index (χ1v) is 5.02. The number of aromatic nitrogens is 1. The largest absolute Gasteiger partial charge is 0.310 e. The second-order valence-corrected chi connectivity index (χ2v) is 3.88. The maximum absolute atomic E-state index is 5.72. The van der Waals surface area contributed by atoms with Crippen molar-refractivity contribution >= 4 is 11.6 Å². The highest BCUT2D eigenvalue weighted by molar-refractivity contribution is 6.30. The van der Waals surface area contributed by atoms with Gasteiger partial charge in [0.15, 0.2) is 0 Å². The van der Waals surface area contributed by atoms with Gasteiger partial charge in [-0.1, -0.05) is 11.6 Å². The number of halogens is 1. The Labute approximate surface area is 90.1 Å². The molecule has 0 aliphatic carbocycles. The number of nitrogens with one attached hydrogen (secondary N) is 1. The van der Waals surface area contributed by atoms with Crippen LogP contribution in [0.2, 0.25) is 5.02 Å². The third kappa shape index (κ3) is 4.56. The van der Waals surface area contributed by atoms with Gasteiger partial charge in [0, 0.05) is 25.8 Å². The molecule has 0 bridgehead atoms. The van der Waals surface area contributed by atoms with Crippen molar-refractivity contribution in [3.8, 4) is 0 Å². The lowest BCUT2D eigenvalue weighted by Crippen LogP contribution is -2.26. The average molecular weight is 214 g/mol. The number of rotatable bonds is 5. The summed E-state index contributed by atoms with van der Waals surface area (Å²) in [6, 6.07) is 3.79. The molecular weight excluding hydrogens is 198 g/mol. The van der Waals surface area contributed by atoms with Gasteiger partial charge in [0.25, 0.3) is 0 Å². The van der Waals surface area contributed by atoms with Crippen LogP contribution >= 0.6 is 11.6 Å². The molecule has 1 aromatic heterocycles. The van der Waals surface area contributed by atoms with E-state index in [0.29, 0.717) is 5.02 Å². The fourth-order valence-corrected chi connectivity index (χ4v) is 1.14. The van der Waals surface area contributed by atoms with Crippen LogP contribution in [0.4, 0.5) is 0 Å². The van der Waals surface area contributed by atoms with Gasteiger partial charge in [-0.15, -0.1) is 0 Å². The Balaban J connectivity index is 2.21. The quantitative estimate of drug-likeness (QED) is 0.750. The van der Waals surface area contributed by atoms with E-state index < -0.39 is 0 Å². The SMILES string of the molecule is CN(C)CCNCc1ccc(Cl)cn1. The number of nitrogens with zero attached hydrogens (tertiary/aromatic N) is 2. The Kier molecular flexibility index (Phi) is 4.87. The number of pyridine rings is 1. The smallest absolute Gasteiger partial charge is 0.0589 e. The van der Waals surface area contributed by atoms with Gasteiger partial charge < -0.3 is 10.2 Å². The Morgan fingerprint density at radius 1 is 1.43 bits per heavy atom. The number of hydrogen-bond acceptors (Lipinski definition) is 3. The first-order chi connectivity index (χ1) is 6.68. The van der Waals surface area contributed by atoms with E-state index in [9.17, 15) is 0 Å². The van der Waals surface area contributed by atoms with E-state index in [2.05, 4.69) is 29.3 Å². The highest BCUT2D eigenvalue weighted by Crippen LogP contribution is 2.05. The fraction of sp³-hybridized carbons (Fsp3) is 0.500. The number of hydrogen-bond donors (Lipinski definition) is 1. The maximum Gasteiger partial charge on any atom is 0.0589 e. The van der Waals surface area contributed by atoms with Crippen LogP contribution in [-0.2, 0) is 6.54 Å². The normalized spacial score (nSPS) is 10.9. The van der Waals surface area contributed by atoms with E-state index in [1.165, 1.54) is 0 Å². The van der Waals surface area contributed by atoms with E-state index in [4.69, 9.17) is 11.6 Å². The summed E-state index contributed by atoms with van der Waals surface area (Å²) in [6.07, 6.45) is 1.67. The van der Waals surface area contributed by atoms with Crippen LogP contribution in [0.3, 0.4) is 0 Å². The second kappa shape index (κ2) is 5.96. The topological polar surface area (TPSA) is 28.2 Å². The van der Waals surface area contributed by atoms with Crippen molar-refractivity contribution in [2.75, 3.05) is 27.2 Å². The van der Waals surface area contributed by atoms with Crippen molar-refractivity contribution < 1.29 is 0 Å². The molecule has 0 amide bonds. The minimum Gasteiger partial charge on any atom is -0.310 e. The number of likely N-dealkylation sites (N-methyl/N-ethyl adjacent to an activating group) is 1. The van der Waals surface area contributed by atoms with Gasteiger partial charge >= 0.3 is 0 Å². The predicted octanol–water partition coefficient (Wildman–Crippen LogP) is 1.39. The zero-order chi connectivity index (χ0) is 10.4. The van der Waals surface area contributed by atoms with E-state index in [1.54, 1.807) is 6.20 Å². The molecule has 1 heterocycles.